The van der Waals surface area contributed by atoms with E-state index in [1.54, 1.807) is 0 Å². The summed E-state index contributed by atoms with van der Waals surface area (Å²) in [6.07, 6.45) is 4.05. The van der Waals surface area contributed by atoms with Gasteiger partial charge in [0.15, 0.2) is 9.84 Å². The first kappa shape index (κ1) is 14.5. The van der Waals surface area contributed by atoms with E-state index in [-0.39, 0.29) is 6.04 Å². The molecule has 1 saturated carbocycles. The molecule has 1 heterocycles. The first-order chi connectivity index (χ1) is 9.52. The molecule has 0 spiro atoms. The third-order valence-corrected chi connectivity index (χ3v) is 6.76. The molecule has 1 aromatic rings. The Balaban J connectivity index is 1.50. The molecule has 0 aromatic heterocycles. The predicted octanol–water partition coefficient (Wildman–Crippen LogP) is 2.86. The zero-order valence-corrected chi connectivity index (χ0v) is 13.8. The summed E-state index contributed by atoms with van der Waals surface area (Å²) >= 11 is 3.45. The van der Waals surface area contributed by atoms with Crippen molar-refractivity contribution in [2.24, 2.45) is 0 Å². The van der Waals surface area contributed by atoms with Gasteiger partial charge in [-0.3, -0.25) is 0 Å². The molecule has 5 heteroatoms. The predicted molar refractivity (Wildman–Crippen MR) is 84.7 cm³/mol. The summed E-state index contributed by atoms with van der Waals surface area (Å²) in [6, 6.07) is 9.19. The fraction of sp³-hybridized carbons (Fsp3) is 0.600. The van der Waals surface area contributed by atoms with Crippen LogP contribution in [0.25, 0.3) is 0 Å². The molecule has 0 amide bonds. The smallest absolute Gasteiger partial charge is 0.151 e. The lowest BCUT2D eigenvalue weighted by Gasteiger charge is -2.39. The zero-order valence-electron chi connectivity index (χ0n) is 11.4. The van der Waals surface area contributed by atoms with E-state index in [9.17, 15) is 8.42 Å². The average molecular weight is 358 g/mol. The van der Waals surface area contributed by atoms with Gasteiger partial charge in [0.25, 0.3) is 0 Å². The average Bonchev–Trinajstić information content (AvgIpc) is 2.34. The van der Waals surface area contributed by atoms with Crippen molar-refractivity contribution in [3.63, 3.8) is 0 Å². The molecule has 1 aliphatic carbocycles. The number of benzene rings is 1. The van der Waals surface area contributed by atoms with Crippen molar-refractivity contribution in [1.29, 1.82) is 0 Å². The Morgan fingerprint density at radius 1 is 1.10 bits per heavy atom. The van der Waals surface area contributed by atoms with E-state index in [2.05, 4.69) is 45.5 Å². The lowest BCUT2D eigenvalue weighted by atomic mass is 9.75. The van der Waals surface area contributed by atoms with Crippen molar-refractivity contribution >= 4 is 25.8 Å². The van der Waals surface area contributed by atoms with Gasteiger partial charge < -0.3 is 5.32 Å². The van der Waals surface area contributed by atoms with Crippen LogP contribution in [0.15, 0.2) is 28.7 Å². The number of sulfone groups is 1. The summed E-state index contributed by atoms with van der Waals surface area (Å²) in [7, 11) is -2.80. The minimum atomic E-state index is -2.80. The molecule has 1 atom stereocenters. The molecular formula is C15H20BrNO2S. The third kappa shape index (κ3) is 3.43. The fourth-order valence-corrected chi connectivity index (χ4v) is 5.16. The summed E-state index contributed by atoms with van der Waals surface area (Å²) in [6.45, 7) is 0. The Labute approximate surface area is 129 Å². The first-order valence-electron chi connectivity index (χ1n) is 7.24. The summed E-state index contributed by atoms with van der Waals surface area (Å²) in [5.41, 5.74) is 1.39. The number of halogens is 1. The highest BCUT2D eigenvalue weighted by molar-refractivity contribution is 9.10. The Kier molecular flexibility index (Phi) is 4.20. The molecule has 1 unspecified atom stereocenters. The molecule has 1 saturated heterocycles. The van der Waals surface area contributed by atoms with Crippen molar-refractivity contribution < 1.29 is 8.42 Å². The summed E-state index contributed by atoms with van der Waals surface area (Å²) in [5, 5.41) is 3.53. The number of hydrogen-bond acceptors (Lipinski definition) is 3. The van der Waals surface area contributed by atoms with Gasteiger partial charge in [0.05, 0.1) is 11.5 Å². The highest BCUT2D eigenvalue weighted by Crippen LogP contribution is 2.37. The molecule has 1 aliphatic heterocycles. The molecule has 2 fully saturated rings. The van der Waals surface area contributed by atoms with E-state index >= 15 is 0 Å². The van der Waals surface area contributed by atoms with Gasteiger partial charge in [0.2, 0.25) is 0 Å². The van der Waals surface area contributed by atoms with Crippen molar-refractivity contribution in [2.75, 3.05) is 11.5 Å². The molecule has 1 aromatic carbocycles. The molecule has 110 valence electrons. The topological polar surface area (TPSA) is 46.2 Å². The normalized spacial score (nSPS) is 32.5. The van der Waals surface area contributed by atoms with Gasteiger partial charge in [-0.1, -0.05) is 28.1 Å². The van der Waals surface area contributed by atoms with Crippen LogP contribution in [0.2, 0.25) is 0 Å². The van der Waals surface area contributed by atoms with E-state index in [1.165, 1.54) is 5.56 Å². The standard InChI is InChI=1S/C15H20BrNO2S/c16-13-5-3-11(4-6-13)12-8-15(9-12)17-14-2-1-7-20(18,19)10-14/h3-6,12,14-15,17H,1-2,7-10H2. The first-order valence-corrected chi connectivity index (χ1v) is 9.85. The maximum Gasteiger partial charge on any atom is 0.151 e. The van der Waals surface area contributed by atoms with Crippen molar-refractivity contribution in [3.8, 4) is 0 Å². The van der Waals surface area contributed by atoms with E-state index in [4.69, 9.17) is 0 Å². The summed E-state index contributed by atoms with van der Waals surface area (Å²) in [4.78, 5) is 0. The van der Waals surface area contributed by atoms with Gasteiger partial charge in [-0.15, -0.1) is 0 Å². The van der Waals surface area contributed by atoms with Gasteiger partial charge in [0, 0.05) is 16.6 Å². The van der Waals surface area contributed by atoms with E-state index in [1.807, 2.05) is 0 Å². The van der Waals surface area contributed by atoms with Crippen LogP contribution in [0, 0.1) is 0 Å². The quantitative estimate of drug-likeness (QED) is 0.904. The van der Waals surface area contributed by atoms with Crippen molar-refractivity contribution in [3.05, 3.63) is 34.3 Å². The molecule has 3 rings (SSSR count). The number of nitrogens with one attached hydrogen (secondary N) is 1. The highest BCUT2D eigenvalue weighted by atomic mass is 79.9. The lowest BCUT2D eigenvalue weighted by Crippen LogP contribution is -2.49. The van der Waals surface area contributed by atoms with Crippen LogP contribution in [0.1, 0.15) is 37.2 Å². The Morgan fingerprint density at radius 3 is 2.45 bits per heavy atom. The summed E-state index contributed by atoms with van der Waals surface area (Å²) < 4.78 is 24.4. The molecule has 2 aliphatic rings. The second kappa shape index (κ2) is 5.78. The Bertz CT molecular complexity index is 564. The van der Waals surface area contributed by atoms with E-state index in [0.29, 0.717) is 23.5 Å². The Hall–Kier alpha value is -0.390. The van der Waals surface area contributed by atoms with Crippen molar-refractivity contribution in [2.45, 2.75) is 43.7 Å². The van der Waals surface area contributed by atoms with Crippen LogP contribution in [-0.4, -0.2) is 32.0 Å². The minimum Gasteiger partial charge on any atom is -0.310 e. The second-order valence-corrected chi connectivity index (χ2v) is 9.18. The van der Waals surface area contributed by atoms with E-state index in [0.717, 1.165) is 30.2 Å². The van der Waals surface area contributed by atoms with Gasteiger partial charge in [-0.2, -0.15) is 0 Å². The van der Waals surface area contributed by atoms with Crippen LogP contribution >= 0.6 is 15.9 Å². The largest absolute Gasteiger partial charge is 0.310 e. The van der Waals surface area contributed by atoms with Crippen LogP contribution in [0.3, 0.4) is 0 Å². The number of rotatable bonds is 3. The third-order valence-electron chi connectivity index (χ3n) is 4.41. The van der Waals surface area contributed by atoms with Crippen LogP contribution in [0.5, 0.6) is 0 Å². The van der Waals surface area contributed by atoms with E-state index < -0.39 is 9.84 Å². The lowest BCUT2D eigenvalue weighted by molar-refractivity contribution is 0.263. The molecular weight excluding hydrogens is 338 g/mol. The van der Waals surface area contributed by atoms with Crippen LogP contribution in [-0.2, 0) is 9.84 Å². The SMILES string of the molecule is O=S1(=O)CCCC(NC2CC(c3ccc(Br)cc3)C2)C1. The van der Waals surface area contributed by atoms with Gasteiger partial charge >= 0.3 is 0 Å². The Morgan fingerprint density at radius 2 is 1.80 bits per heavy atom. The van der Waals surface area contributed by atoms with Gasteiger partial charge in [-0.05, 0) is 49.3 Å². The molecule has 0 bridgehead atoms. The van der Waals surface area contributed by atoms with Crippen LogP contribution < -0.4 is 5.32 Å². The maximum atomic E-state index is 11.6. The molecule has 3 nitrogen and oxygen atoms in total. The van der Waals surface area contributed by atoms with Crippen molar-refractivity contribution in [1.82, 2.24) is 5.32 Å². The summed E-state index contributed by atoms with van der Waals surface area (Å²) in [5.74, 6) is 1.32. The minimum absolute atomic E-state index is 0.171. The monoisotopic (exact) mass is 357 g/mol. The fourth-order valence-electron chi connectivity index (χ4n) is 3.25. The molecule has 1 N–H and O–H groups in total. The highest BCUT2D eigenvalue weighted by Gasteiger charge is 2.33. The second-order valence-electron chi connectivity index (χ2n) is 6.04. The number of hydrogen-bond donors (Lipinski definition) is 1. The maximum absolute atomic E-state index is 11.6. The van der Waals surface area contributed by atoms with Crippen LogP contribution in [0.4, 0.5) is 0 Å². The van der Waals surface area contributed by atoms with Gasteiger partial charge in [-0.25, -0.2) is 8.42 Å². The van der Waals surface area contributed by atoms with Gasteiger partial charge in [0.1, 0.15) is 0 Å². The molecule has 0 radical (unpaired) electrons. The zero-order chi connectivity index (χ0) is 14.2. The molecule has 20 heavy (non-hydrogen) atoms.